The van der Waals surface area contributed by atoms with Gasteiger partial charge in [0.1, 0.15) is 11.7 Å². The van der Waals surface area contributed by atoms with Gasteiger partial charge in [0, 0.05) is 49.1 Å². The number of rotatable bonds is 8. The number of fused-ring (bicyclic) bond motifs is 1. The standard InChI is InChI=1S/C33H44N4O2/c1-22-6-4-9-27(15-22)29-21-36(30(33(38)39)17-25-7-5-8-25)20-28(29)19-35-12-10-26(11-13-35)31-18-34-32-16-23(2)14-24(3)37(31)32/h4,6,9,14-16,18,25-26,28-30H,5,7-8,10-13,17,19-21H2,1-3H3,(H,38,39)/t28-,29+,30+/m0/s1. The third-order valence-electron chi connectivity index (χ3n) is 9.91. The highest BCUT2D eigenvalue weighted by Gasteiger charge is 2.41. The molecule has 2 aliphatic heterocycles. The average Bonchev–Trinajstić information content (AvgIpc) is 3.48. The zero-order valence-corrected chi connectivity index (χ0v) is 23.9. The molecule has 3 fully saturated rings. The van der Waals surface area contributed by atoms with Crippen molar-refractivity contribution in [3.63, 3.8) is 0 Å². The largest absolute Gasteiger partial charge is 0.480 e. The first-order chi connectivity index (χ1) is 18.9. The molecule has 0 unspecified atom stereocenters. The lowest BCUT2D eigenvalue weighted by Crippen LogP contribution is -2.43. The molecule has 3 atom stereocenters. The third kappa shape index (κ3) is 5.51. The molecule has 3 aliphatic rings. The molecule has 1 saturated carbocycles. The minimum absolute atomic E-state index is 0.347. The van der Waals surface area contributed by atoms with Crippen LogP contribution in [0.2, 0.25) is 0 Å². The highest BCUT2D eigenvalue weighted by atomic mass is 16.4. The van der Waals surface area contributed by atoms with Crippen molar-refractivity contribution >= 4 is 11.6 Å². The number of pyridine rings is 1. The average molecular weight is 529 g/mol. The maximum Gasteiger partial charge on any atom is 0.320 e. The first kappa shape index (κ1) is 26.5. The van der Waals surface area contributed by atoms with E-state index in [1.807, 2.05) is 0 Å². The Kier molecular flexibility index (Phi) is 7.52. The van der Waals surface area contributed by atoms with Crippen LogP contribution >= 0.6 is 0 Å². The van der Waals surface area contributed by atoms with Crippen molar-refractivity contribution in [3.8, 4) is 0 Å². The minimum Gasteiger partial charge on any atom is -0.480 e. The maximum absolute atomic E-state index is 12.4. The molecule has 2 aromatic heterocycles. The van der Waals surface area contributed by atoms with Crippen LogP contribution in [0.15, 0.2) is 42.6 Å². The molecule has 6 rings (SSSR count). The molecule has 1 N–H and O–H groups in total. The Morgan fingerprint density at radius 2 is 1.82 bits per heavy atom. The number of aliphatic carboxylic acids is 1. The maximum atomic E-state index is 12.4. The van der Waals surface area contributed by atoms with Gasteiger partial charge in [0.15, 0.2) is 0 Å². The Hall–Kier alpha value is -2.70. The molecule has 0 bridgehead atoms. The molecule has 1 aromatic carbocycles. The normalized spacial score (nSPS) is 24.3. The highest BCUT2D eigenvalue weighted by molar-refractivity contribution is 5.73. The molecule has 208 valence electrons. The van der Waals surface area contributed by atoms with E-state index in [9.17, 15) is 9.90 Å². The van der Waals surface area contributed by atoms with Gasteiger partial charge in [0.2, 0.25) is 0 Å². The first-order valence-electron chi connectivity index (χ1n) is 15.1. The molecular formula is C33H44N4O2. The minimum atomic E-state index is -0.634. The number of hydrogen-bond acceptors (Lipinski definition) is 4. The second-order valence-corrected chi connectivity index (χ2v) is 12.7. The third-order valence-corrected chi connectivity index (χ3v) is 9.91. The van der Waals surface area contributed by atoms with Gasteiger partial charge in [-0.25, -0.2) is 4.98 Å². The van der Waals surface area contributed by atoms with E-state index in [0.29, 0.717) is 23.7 Å². The molecule has 39 heavy (non-hydrogen) atoms. The summed E-state index contributed by atoms with van der Waals surface area (Å²) in [4.78, 5) is 22.1. The predicted octanol–water partition coefficient (Wildman–Crippen LogP) is 5.80. The number of piperidine rings is 1. The molecule has 3 aromatic rings. The van der Waals surface area contributed by atoms with E-state index >= 15 is 0 Å². The van der Waals surface area contributed by atoms with Crippen molar-refractivity contribution < 1.29 is 9.90 Å². The summed E-state index contributed by atoms with van der Waals surface area (Å²) in [6.07, 6.45) is 8.85. The van der Waals surface area contributed by atoms with Gasteiger partial charge in [-0.15, -0.1) is 0 Å². The summed E-state index contributed by atoms with van der Waals surface area (Å²) in [5.74, 6) is 1.32. The smallest absolute Gasteiger partial charge is 0.320 e. The Balaban J connectivity index is 1.16. The van der Waals surface area contributed by atoms with Crippen molar-refractivity contribution in [2.45, 2.75) is 77.2 Å². The van der Waals surface area contributed by atoms with Crippen LogP contribution in [0.4, 0.5) is 0 Å². The number of carbonyl (C=O) groups is 1. The topological polar surface area (TPSA) is 61.1 Å². The van der Waals surface area contributed by atoms with Gasteiger partial charge in [0.25, 0.3) is 0 Å². The van der Waals surface area contributed by atoms with E-state index in [0.717, 1.165) is 57.6 Å². The lowest BCUT2D eigenvalue weighted by molar-refractivity contribution is -0.144. The van der Waals surface area contributed by atoms with Crippen LogP contribution in [0.25, 0.3) is 5.65 Å². The van der Waals surface area contributed by atoms with Crippen molar-refractivity contribution in [3.05, 3.63) is 70.7 Å². The van der Waals surface area contributed by atoms with Crippen LogP contribution in [-0.2, 0) is 4.79 Å². The number of nitrogens with zero attached hydrogens (tertiary/aromatic N) is 4. The summed E-state index contributed by atoms with van der Waals surface area (Å²) in [6.45, 7) is 11.4. The number of likely N-dealkylation sites (tertiary alicyclic amines) is 2. The van der Waals surface area contributed by atoms with Crippen LogP contribution in [0.5, 0.6) is 0 Å². The van der Waals surface area contributed by atoms with Gasteiger partial charge in [-0.3, -0.25) is 9.69 Å². The zero-order chi connectivity index (χ0) is 27.1. The monoisotopic (exact) mass is 528 g/mol. The molecule has 0 radical (unpaired) electrons. The lowest BCUT2D eigenvalue weighted by Gasteiger charge is -2.35. The Morgan fingerprint density at radius 1 is 1.03 bits per heavy atom. The van der Waals surface area contributed by atoms with E-state index in [-0.39, 0.29) is 6.04 Å². The summed E-state index contributed by atoms with van der Waals surface area (Å²) < 4.78 is 2.35. The van der Waals surface area contributed by atoms with Crippen molar-refractivity contribution in [2.75, 3.05) is 32.7 Å². The fraction of sp³-hybridized carbons (Fsp3) is 0.576. The van der Waals surface area contributed by atoms with Gasteiger partial charge in [-0.1, -0.05) is 49.1 Å². The van der Waals surface area contributed by atoms with Crippen LogP contribution in [0.3, 0.4) is 0 Å². The molecule has 1 aliphatic carbocycles. The van der Waals surface area contributed by atoms with E-state index in [1.54, 1.807) is 0 Å². The lowest BCUT2D eigenvalue weighted by atomic mass is 9.80. The Labute approximate surface area is 233 Å². The number of hydrogen-bond donors (Lipinski definition) is 1. The molecule has 2 saturated heterocycles. The van der Waals surface area contributed by atoms with E-state index in [1.165, 1.54) is 47.3 Å². The van der Waals surface area contributed by atoms with Crippen molar-refractivity contribution in [1.82, 2.24) is 19.2 Å². The molecule has 4 heterocycles. The van der Waals surface area contributed by atoms with E-state index in [4.69, 9.17) is 4.98 Å². The van der Waals surface area contributed by atoms with E-state index < -0.39 is 5.97 Å². The van der Waals surface area contributed by atoms with Gasteiger partial charge < -0.3 is 14.4 Å². The van der Waals surface area contributed by atoms with Gasteiger partial charge in [-0.2, -0.15) is 0 Å². The predicted molar refractivity (Wildman–Crippen MR) is 155 cm³/mol. The fourth-order valence-corrected chi connectivity index (χ4v) is 7.61. The van der Waals surface area contributed by atoms with Crippen LogP contribution < -0.4 is 0 Å². The Morgan fingerprint density at radius 3 is 2.51 bits per heavy atom. The highest BCUT2D eigenvalue weighted by Crippen LogP contribution is 2.39. The zero-order valence-electron chi connectivity index (χ0n) is 23.9. The molecule has 6 heteroatoms. The number of imidazole rings is 1. The second-order valence-electron chi connectivity index (χ2n) is 12.7. The summed E-state index contributed by atoms with van der Waals surface area (Å²) in [5.41, 5.74) is 7.61. The van der Waals surface area contributed by atoms with E-state index in [2.05, 4.69) is 77.6 Å². The number of aryl methyl sites for hydroxylation is 3. The fourth-order valence-electron chi connectivity index (χ4n) is 7.61. The molecule has 0 amide bonds. The van der Waals surface area contributed by atoms with Gasteiger partial charge in [-0.05, 0) is 88.2 Å². The molecule has 0 spiro atoms. The number of carboxylic acids is 1. The number of aromatic nitrogens is 2. The molecule has 6 nitrogen and oxygen atoms in total. The van der Waals surface area contributed by atoms with Gasteiger partial charge in [0.05, 0.1) is 0 Å². The molecular weight excluding hydrogens is 484 g/mol. The van der Waals surface area contributed by atoms with Gasteiger partial charge >= 0.3 is 5.97 Å². The summed E-state index contributed by atoms with van der Waals surface area (Å²) in [5, 5.41) is 10.2. The summed E-state index contributed by atoms with van der Waals surface area (Å²) in [7, 11) is 0. The van der Waals surface area contributed by atoms with Crippen LogP contribution in [0.1, 0.15) is 78.4 Å². The quantitative estimate of drug-likeness (QED) is 0.401. The van der Waals surface area contributed by atoms with Crippen molar-refractivity contribution in [1.29, 1.82) is 0 Å². The SMILES string of the molecule is Cc1cccc([C@H]2CN([C@H](CC3CCC3)C(=O)O)C[C@@H]2CN2CCC(c3cnc4cc(C)cc(C)n34)CC2)c1. The first-order valence-corrected chi connectivity index (χ1v) is 15.1. The Bertz CT molecular complexity index is 1320. The number of carboxylic acid groups (broad SMARTS) is 1. The summed E-state index contributed by atoms with van der Waals surface area (Å²) in [6, 6.07) is 13.0. The number of benzene rings is 1. The van der Waals surface area contributed by atoms with Crippen molar-refractivity contribution in [2.24, 2.45) is 11.8 Å². The second kappa shape index (κ2) is 11.1. The summed E-state index contributed by atoms with van der Waals surface area (Å²) >= 11 is 0. The van der Waals surface area contributed by atoms with Crippen LogP contribution in [-0.4, -0.2) is 69.0 Å². The van der Waals surface area contributed by atoms with Crippen LogP contribution in [0, 0.1) is 32.6 Å².